The van der Waals surface area contributed by atoms with Crippen LogP contribution in [0.2, 0.25) is 0 Å². The van der Waals surface area contributed by atoms with Gasteiger partial charge in [-0.05, 0) is 83.2 Å². The zero-order chi connectivity index (χ0) is 32.6. The molecule has 4 aliphatic heterocycles. The van der Waals surface area contributed by atoms with Crippen molar-refractivity contribution in [2.45, 2.75) is 69.1 Å². The molecule has 2 aromatic carbocycles. The molecular formula is C40H46O8. The van der Waals surface area contributed by atoms with Crippen molar-refractivity contribution in [2.24, 2.45) is 5.92 Å². The van der Waals surface area contributed by atoms with Gasteiger partial charge in [-0.2, -0.15) is 0 Å². The molecule has 7 atom stereocenters. The predicted octanol–water partition coefficient (Wildman–Crippen LogP) is 5.73. The van der Waals surface area contributed by atoms with E-state index in [4.69, 9.17) is 37.9 Å². The monoisotopic (exact) mass is 654 g/mol. The quantitative estimate of drug-likeness (QED) is 0.168. The molecule has 0 radical (unpaired) electrons. The minimum absolute atomic E-state index is 0.0584. The fourth-order valence-electron chi connectivity index (χ4n) is 6.31. The third-order valence-electron chi connectivity index (χ3n) is 9.80. The smallest absolute Gasteiger partial charge is 0.104 e. The number of allylic oxidation sites excluding steroid dienone is 6. The van der Waals surface area contributed by atoms with Crippen LogP contribution in [0.25, 0.3) is 10.8 Å². The van der Waals surface area contributed by atoms with Crippen molar-refractivity contribution in [1.29, 1.82) is 0 Å². The van der Waals surface area contributed by atoms with Gasteiger partial charge in [-0.1, -0.05) is 54.6 Å². The highest BCUT2D eigenvalue weighted by molar-refractivity contribution is 5.87. The summed E-state index contributed by atoms with van der Waals surface area (Å²) in [6, 6.07) is 11.1. The van der Waals surface area contributed by atoms with E-state index in [1.165, 1.54) is 27.5 Å². The molecule has 0 bridgehead atoms. The van der Waals surface area contributed by atoms with Crippen LogP contribution in [0.5, 0.6) is 0 Å². The van der Waals surface area contributed by atoms with Crippen molar-refractivity contribution in [3.05, 3.63) is 107 Å². The minimum Gasteiger partial charge on any atom is -0.374 e. The molecule has 2 aromatic rings. The molecule has 48 heavy (non-hydrogen) atoms. The SMILES string of the molecule is CC1(OCC2CO2)C=CC2=C(C=C1)C(Cc1c(COCC3CO3)ccc3ccc(COCC4CO4)cc13)C=CC(C)(OCC1CO1)C=C2. The summed E-state index contributed by atoms with van der Waals surface area (Å²) in [5, 5.41) is 2.43. The summed E-state index contributed by atoms with van der Waals surface area (Å²) in [6.45, 7) is 10.8. The molecule has 8 nitrogen and oxygen atoms in total. The molecule has 0 N–H and O–H groups in total. The zero-order valence-electron chi connectivity index (χ0n) is 27.9. The van der Waals surface area contributed by atoms with Crippen LogP contribution >= 0.6 is 0 Å². The molecule has 8 rings (SSSR count). The van der Waals surface area contributed by atoms with E-state index in [9.17, 15) is 0 Å². The standard InChI is InChI=1S/C40H46O8/c1-39(47-25-34-23-45-34)11-7-29-8-12-40(2,48-26-35-24-46-35)14-10-36(29)30(9-13-39)16-38-31(18-42-20-33-22-44-33)6-5-28-4-3-27(15-37(28)38)17-41-19-32-21-43-32/h3-15,30,32-35H,16-26H2,1-2H3. The van der Waals surface area contributed by atoms with Crippen LogP contribution in [0.3, 0.4) is 0 Å². The number of rotatable bonds is 16. The number of epoxide rings is 4. The van der Waals surface area contributed by atoms with E-state index in [0.717, 1.165) is 44.0 Å². The van der Waals surface area contributed by atoms with Gasteiger partial charge < -0.3 is 37.9 Å². The van der Waals surface area contributed by atoms with Gasteiger partial charge in [0.2, 0.25) is 0 Å². The number of fused-ring (bicyclic) bond motifs is 1. The lowest BCUT2D eigenvalue weighted by atomic mass is 9.82. The second kappa shape index (κ2) is 13.8. The Morgan fingerprint density at radius 2 is 1.23 bits per heavy atom. The lowest BCUT2D eigenvalue weighted by Gasteiger charge is -2.27. The third kappa shape index (κ3) is 8.44. The summed E-state index contributed by atoms with van der Waals surface area (Å²) >= 11 is 0. The maximum absolute atomic E-state index is 6.45. The first-order valence-electron chi connectivity index (χ1n) is 17.3. The number of hydrogen-bond acceptors (Lipinski definition) is 8. The van der Waals surface area contributed by atoms with Crippen LogP contribution < -0.4 is 0 Å². The van der Waals surface area contributed by atoms with Gasteiger partial charge in [0.15, 0.2) is 0 Å². The Bertz CT molecular complexity index is 1630. The predicted molar refractivity (Wildman–Crippen MR) is 182 cm³/mol. The van der Waals surface area contributed by atoms with Crippen LogP contribution in [0.1, 0.15) is 30.5 Å². The van der Waals surface area contributed by atoms with Crippen LogP contribution in [0.15, 0.2) is 90.1 Å². The third-order valence-corrected chi connectivity index (χ3v) is 9.80. The molecule has 4 heterocycles. The first kappa shape index (κ1) is 32.3. The first-order chi connectivity index (χ1) is 23.4. The Morgan fingerprint density at radius 3 is 1.88 bits per heavy atom. The van der Waals surface area contributed by atoms with Gasteiger partial charge in [0, 0.05) is 5.92 Å². The van der Waals surface area contributed by atoms with Crippen LogP contribution in [0, 0.1) is 5.92 Å². The molecule has 6 aliphatic rings. The average Bonchev–Trinajstić information content (AvgIpc) is 3.87. The van der Waals surface area contributed by atoms with Gasteiger partial charge in [0.25, 0.3) is 0 Å². The molecule has 0 aromatic heterocycles. The highest BCUT2D eigenvalue weighted by Crippen LogP contribution is 2.36. The van der Waals surface area contributed by atoms with Gasteiger partial charge in [-0.3, -0.25) is 0 Å². The molecular weight excluding hydrogens is 608 g/mol. The van der Waals surface area contributed by atoms with Gasteiger partial charge in [-0.15, -0.1) is 0 Å². The van der Waals surface area contributed by atoms with Gasteiger partial charge in [0.1, 0.15) is 35.6 Å². The first-order valence-corrected chi connectivity index (χ1v) is 17.3. The van der Waals surface area contributed by atoms with E-state index >= 15 is 0 Å². The van der Waals surface area contributed by atoms with E-state index in [1.54, 1.807) is 0 Å². The summed E-state index contributed by atoms with van der Waals surface area (Å²) in [7, 11) is 0. The maximum atomic E-state index is 6.45. The lowest BCUT2D eigenvalue weighted by Crippen LogP contribution is -2.27. The van der Waals surface area contributed by atoms with Gasteiger partial charge in [0.05, 0.1) is 66.1 Å². The highest BCUT2D eigenvalue weighted by Gasteiger charge is 2.32. The topological polar surface area (TPSA) is 87.0 Å². The Hall–Kier alpha value is -2.92. The number of benzene rings is 2. The van der Waals surface area contributed by atoms with Crippen molar-refractivity contribution in [1.82, 2.24) is 0 Å². The van der Waals surface area contributed by atoms with Crippen LogP contribution in [-0.2, 0) is 57.5 Å². The van der Waals surface area contributed by atoms with E-state index in [-0.39, 0.29) is 30.3 Å². The number of ether oxygens (including phenoxy) is 8. The van der Waals surface area contributed by atoms with E-state index in [0.29, 0.717) is 39.6 Å². The van der Waals surface area contributed by atoms with E-state index < -0.39 is 11.2 Å². The van der Waals surface area contributed by atoms with Gasteiger partial charge >= 0.3 is 0 Å². The summed E-state index contributed by atoms with van der Waals surface area (Å²) in [5.74, 6) is 0.0584. The summed E-state index contributed by atoms with van der Waals surface area (Å²) in [4.78, 5) is 0. The van der Waals surface area contributed by atoms with Crippen LogP contribution in [0.4, 0.5) is 0 Å². The highest BCUT2D eigenvalue weighted by atomic mass is 16.6. The van der Waals surface area contributed by atoms with Crippen molar-refractivity contribution in [2.75, 3.05) is 52.9 Å². The van der Waals surface area contributed by atoms with E-state index in [2.05, 4.69) is 92.8 Å². The number of hydrogen-bond donors (Lipinski definition) is 0. The van der Waals surface area contributed by atoms with Crippen molar-refractivity contribution in [3.8, 4) is 0 Å². The minimum atomic E-state index is -0.569. The normalized spacial score (nSPS) is 33.0. The molecule has 7 unspecified atom stereocenters. The maximum Gasteiger partial charge on any atom is 0.104 e. The molecule has 4 saturated heterocycles. The van der Waals surface area contributed by atoms with Crippen molar-refractivity contribution < 1.29 is 37.9 Å². The molecule has 8 heteroatoms. The van der Waals surface area contributed by atoms with Gasteiger partial charge in [-0.25, -0.2) is 0 Å². The summed E-state index contributed by atoms with van der Waals surface area (Å²) in [6.07, 6.45) is 19.3. The fourth-order valence-corrected chi connectivity index (χ4v) is 6.31. The second-order valence-corrected chi connectivity index (χ2v) is 14.2. The lowest BCUT2D eigenvalue weighted by molar-refractivity contribution is 0.0307. The molecule has 0 saturated carbocycles. The Balaban J connectivity index is 1.14. The molecule has 0 spiro atoms. The molecule has 0 amide bonds. The summed E-state index contributed by atoms with van der Waals surface area (Å²) in [5.41, 5.74) is 4.90. The average molecular weight is 655 g/mol. The summed E-state index contributed by atoms with van der Waals surface area (Å²) < 4.78 is 46.7. The molecule has 4 fully saturated rings. The molecule has 254 valence electrons. The zero-order valence-corrected chi connectivity index (χ0v) is 27.9. The fraction of sp³-hybridized carbons (Fsp3) is 0.500. The largest absolute Gasteiger partial charge is 0.374 e. The Morgan fingerprint density at radius 1 is 0.667 bits per heavy atom. The molecule has 2 aliphatic carbocycles. The van der Waals surface area contributed by atoms with E-state index in [1.807, 2.05) is 0 Å². The van der Waals surface area contributed by atoms with Crippen molar-refractivity contribution in [3.63, 3.8) is 0 Å². The Labute approximate surface area is 282 Å². The van der Waals surface area contributed by atoms with Crippen LogP contribution in [-0.4, -0.2) is 88.5 Å². The second-order valence-electron chi connectivity index (χ2n) is 14.2. The van der Waals surface area contributed by atoms with Crippen molar-refractivity contribution >= 4 is 10.8 Å². The Kier molecular flexibility index (Phi) is 9.26.